The van der Waals surface area contributed by atoms with Crippen molar-refractivity contribution in [2.75, 3.05) is 13.0 Å². The number of rotatable bonds is 0. The van der Waals surface area contributed by atoms with Crippen molar-refractivity contribution in [1.82, 2.24) is 5.01 Å². The number of nitrogens with zero attached hydrogens (tertiary/aromatic N) is 1. The first-order valence-electron chi connectivity index (χ1n) is 4.67. The van der Waals surface area contributed by atoms with Gasteiger partial charge in [-0.15, -0.1) is 0 Å². The van der Waals surface area contributed by atoms with E-state index in [4.69, 9.17) is 5.48 Å². The van der Waals surface area contributed by atoms with Gasteiger partial charge < -0.3 is 0 Å². The molecule has 0 aromatic heterocycles. The number of halogens is 4. The van der Waals surface area contributed by atoms with Gasteiger partial charge in [-0.05, 0) is 0 Å². The molecule has 0 aromatic carbocycles. The second kappa shape index (κ2) is 2.31. The van der Waals surface area contributed by atoms with Gasteiger partial charge in [-0.1, -0.05) is 0 Å². The lowest BCUT2D eigenvalue weighted by atomic mass is 10.1. The predicted molar refractivity (Wildman–Crippen MR) is 30.3 cm³/mol. The molecule has 2 N–H and O–H groups in total. The maximum atomic E-state index is 12.9. The highest BCUT2D eigenvalue weighted by Crippen LogP contribution is 2.34. The zero-order valence-corrected chi connectivity index (χ0v) is 5.24. The average molecular weight is 176 g/mol. The molecule has 1 saturated heterocycles. The van der Waals surface area contributed by atoms with Crippen molar-refractivity contribution >= 4 is 0 Å². The van der Waals surface area contributed by atoms with Gasteiger partial charge in [0.25, 0.3) is 11.8 Å². The maximum absolute atomic E-state index is 12.9. The number of hydrogen-bond donors (Lipinski definition) is 1. The van der Waals surface area contributed by atoms with E-state index in [-0.39, 0.29) is 0 Å². The van der Waals surface area contributed by atoms with Crippen molar-refractivity contribution < 1.29 is 23.0 Å². The number of hydrazine groups is 1. The summed E-state index contributed by atoms with van der Waals surface area (Å²) in [7, 11) is 0. The molecule has 2 nitrogen and oxygen atoms in total. The average Bonchev–Trinajstić information content (AvgIpc) is 1.98. The number of nitrogens with two attached hydrogens (primary N) is 1. The van der Waals surface area contributed by atoms with Crippen LogP contribution in [0.25, 0.3) is 0 Å². The molecule has 0 unspecified atom stereocenters. The van der Waals surface area contributed by atoms with Crippen molar-refractivity contribution in [2.24, 2.45) is 5.84 Å². The Morgan fingerprint density at radius 3 is 1.91 bits per heavy atom. The topological polar surface area (TPSA) is 29.3 Å². The Morgan fingerprint density at radius 2 is 1.55 bits per heavy atom. The van der Waals surface area contributed by atoms with Gasteiger partial charge in [0.1, 0.15) is 0 Å². The van der Waals surface area contributed by atoms with Crippen LogP contribution >= 0.6 is 0 Å². The van der Waals surface area contributed by atoms with E-state index in [9.17, 15) is 17.6 Å². The van der Waals surface area contributed by atoms with Crippen molar-refractivity contribution in [3.05, 3.63) is 0 Å². The minimum absolute atomic E-state index is 0.760. The summed E-state index contributed by atoms with van der Waals surface area (Å²) >= 11 is 0. The standard InChI is InChI=1S/C5H8F4N2/c6-4(7)1-5(8,9)3-11(10)2-4/h1-3,10H2/i2D2,3D2. The van der Waals surface area contributed by atoms with E-state index in [1.807, 2.05) is 0 Å². The largest absolute Gasteiger partial charge is 0.268 e. The summed E-state index contributed by atoms with van der Waals surface area (Å²) in [5.74, 6) is -4.17. The normalized spacial score (nSPS) is 44.8. The van der Waals surface area contributed by atoms with Gasteiger partial charge in [0.2, 0.25) is 0 Å². The molecule has 0 saturated carbocycles. The second-order valence-electron chi connectivity index (χ2n) is 2.18. The molecule has 0 radical (unpaired) electrons. The fraction of sp³-hybridized carbons (Fsp3) is 1.00. The lowest BCUT2D eigenvalue weighted by Gasteiger charge is -2.34. The number of hydrogen-bond acceptors (Lipinski definition) is 2. The van der Waals surface area contributed by atoms with Crippen molar-refractivity contribution in [3.8, 4) is 0 Å². The Bertz CT molecular complexity index is 256. The van der Waals surface area contributed by atoms with Crippen LogP contribution in [0.3, 0.4) is 0 Å². The molecular formula is C5H8F4N2. The summed E-state index contributed by atoms with van der Waals surface area (Å²) < 4.78 is 79.0. The molecule has 0 aliphatic carbocycles. The van der Waals surface area contributed by atoms with Crippen LogP contribution in [0.2, 0.25) is 0 Å². The molecule has 6 heteroatoms. The van der Waals surface area contributed by atoms with E-state index < -0.39 is 36.3 Å². The van der Waals surface area contributed by atoms with E-state index in [1.165, 1.54) is 0 Å². The van der Waals surface area contributed by atoms with E-state index in [2.05, 4.69) is 5.84 Å². The molecule has 11 heavy (non-hydrogen) atoms. The fourth-order valence-electron chi connectivity index (χ4n) is 0.738. The maximum Gasteiger partial charge on any atom is 0.267 e. The highest BCUT2D eigenvalue weighted by molar-refractivity contribution is 4.86. The SMILES string of the molecule is [2H]C1([2H])N(N)C([2H])([2H])C(F)(F)CC1(F)F. The molecule has 1 fully saturated rings. The van der Waals surface area contributed by atoms with Crippen molar-refractivity contribution in [2.45, 2.75) is 18.3 Å². The highest BCUT2D eigenvalue weighted by atomic mass is 19.3. The molecule has 1 aliphatic rings. The van der Waals surface area contributed by atoms with Gasteiger partial charge in [0.05, 0.1) is 24.9 Å². The Kier molecular flexibility index (Phi) is 0.970. The van der Waals surface area contributed by atoms with Gasteiger partial charge in [-0.2, -0.15) is 0 Å². The quantitative estimate of drug-likeness (QED) is 0.437. The Hall–Kier alpha value is -0.360. The van der Waals surface area contributed by atoms with Crippen LogP contribution in [-0.2, 0) is 0 Å². The second-order valence-corrected chi connectivity index (χ2v) is 2.18. The lowest BCUT2D eigenvalue weighted by molar-refractivity contribution is -0.171. The van der Waals surface area contributed by atoms with Crippen LogP contribution in [0.4, 0.5) is 17.6 Å². The molecule has 66 valence electrons. The number of piperidine rings is 1. The molecule has 0 spiro atoms. The molecular weight excluding hydrogens is 164 g/mol. The van der Waals surface area contributed by atoms with Gasteiger partial charge in [0.15, 0.2) is 0 Å². The van der Waals surface area contributed by atoms with E-state index in [0.29, 0.717) is 0 Å². The molecule has 0 amide bonds. The first-order chi connectivity index (χ1) is 6.36. The Morgan fingerprint density at radius 1 is 1.18 bits per heavy atom. The summed E-state index contributed by atoms with van der Waals surface area (Å²) in [6.45, 7) is -7.31. The predicted octanol–water partition coefficient (Wildman–Crippen LogP) is 0.836. The number of alkyl halides is 4. The first kappa shape index (κ1) is 4.61. The lowest BCUT2D eigenvalue weighted by Crippen LogP contribution is -2.55. The summed E-state index contributed by atoms with van der Waals surface area (Å²) in [6.07, 6.45) is -2.21. The smallest absolute Gasteiger partial charge is 0.267 e. The molecule has 0 atom stereocenters. The van der Waals surface area contributed by atoms with Gasteiger partial charge >= 0.3 is 0 Å². The summed E-state index contributed by atoms with van der Waals surface area (Å²) in [5, 5.41) is -0.760. The van der Waals surface area contributed by atoms with Crippen molar-refractivity contribution in [3.63, 3.8) is 0 Å². The Balaban J connectivity index is 3.24. The summed E-state index contributed by atoms with van der Waals surface area (Å²) in [5.41, 5.74) is 0. The zero-order chi connectivity index (χ0) is 12.3. The summed E-state index contributed by atoms with van der Waals surface area (Å²) in [4.78, 5) is 0. The van der Waals surface area contributed by atoms with Crippen molar-refractivity contribution in [1.29, 1.82) is 0 Å². The molecule has 1 rings (SSSR count). The Labute approximate surface area is 66.5 Å². The third-order valence-corrected chi connectivity index (χ3v) is 1.01. The zero-order valence-electron chi connectivity index (χ0n) is 9.24. The van der Waals surface area contributed by atoms with Gasteiger partial charge in [-0.25, -0.2) is 22.6 Å². The minimum atomic E-state index is -4.42. The van der Waals surface area contributed by atoms with E-state index in [1.54, 1.807) is 0 Å². The van der Waals surface area contributed by atoms with E-state index >= 15 is 0 Å². The van der Waals surface area contributed by atoms with Crippen LogP contribution in [0.1, 0.15) is 11.9 Å². The van der Waals surface area contributed by atoms with Crippen LogP contribution in [-0.4, -0.2) is 29.8 Å². The fourth-order valence-corrected chi connectivity index (χ4v) is 0.738. The van der Waals surface area contributed by atoms with Crippen LogP contribution in [0.15, 0.2) is 0 Å². The first-order valence-corrected chi connectivity index (χ1v) is 2.67. The van der Waals surface area contributed by atoms with Gasteiger partial charge in [-0.3, -0.25) is 5.84 Å². The highest BCUT2D eigenvalue weighted by Gasteiger charge is 2.49. The van der Waals surface area contributed by atoms with Gasteiger partial charge in [0, 0.05) is 0 Å². The molecule has 1 heterocycles. The van der Waals surface area contributed by atoms with Crippen LogP contribution in [0, 0.1) is 0 Å². The summed E-state index contributed by atoms with van der Waals surface area (Å²) in [6, 6.07) is 0. The van der Waals surface area contributed by atoms with Crippen LogP contribution in [0.5, 0.6) is 0 Å². The third kappa shape index (κ3) is 2.30. The van der Waals surface area contributed by atoms with Crippen LogP contribution < -0.4 is 5.84 Å². The minimum Gasteiger partial charge on any atom is -0.268 e. The third-order valence-electron chi connectivity index (χ3n) is 1.01. The monoisotopic (exact) mass is 176 g/mol. The molecule has 0 aromatic rings. The molecule has 1 aliphatic heterocycles. The van der Waals surface area contributed by atoms with E-state index in [0.717, 1.165) is 0 Å². The molecule has 0 bridgehead atoms.